The van der Waals surface area contributed by atoms with E-state index in [-0.39, 0.29) is 18.2 Å². The number of amides is 1. The predicted octanol–water partition coefficient (Wildman–Crippen LogP) is 5.25. The normalized spacial score (nSPS) is 11.9. The van der Waals surface area contributed by atoms with Gasteiger partial charge in [-0.25, -0.2) is 0 Å². The maximum Gasteiger partial charge on any atom is 0.280 e. The van der Waals surface area contributed by atoms with E-state index in [1.165, 1.54) is 0 Å². The van der Waals surface area contributed by atoms with Crippen molar-refractivity contribution in [3.63, 3.8) is 0 Å². The molecule has 9 nitrogen and oxygen atoms in total. The number of benzene rings is 2. The Morgan fingerprint density at radius 3 is 2.65 bits per heavy atom. The Bertz CT molecular complexity index is 1360. The predicted molar refractivity (Wildman–Crippen MR) is 123 cm³/mol. The van der Waals surface area contributed by atoms with Gasteiger partial charge in [0, 0.05) is 11.6 Å². The molecule has 0 fully saturated rings. The number of nitrogens with one attached hydrogen (secondary N) is 1. The highest BCUT2D eigenvalue weighted by molar-refractivity contribution is 6.04. The highest BCUT2D eigenvalue weighted by Gasteiger charge is 2.29. The van der Waals surface area contributed by atoms with Crippen molar-refractivity contribution >= 4 is 11.8 Å². The minimum Gasteiger partial charge on any atom is -0.490 e. The number of rotatable bonds is 7. The molecule has 1 N–H and O–H groups in total. The summed E-state index contributed by atoms with van der Waals surface area (Å²) in [6, 6.07) is 12.9. The third kappa shape index (κ3) is 3.96. The zero-order valence-electron chi connectivity index (χ0n) is 19.0. The molecule has 0 spiro atoms. The molecule has 34 heavy (non-hydrogen) atoms. The molecular weight excluding hydrogens is 438 g/mol. The van der Waals surface area contributed by atoms with Crippen molar-refractivity contribution < 1.29 is 28.1 Å². The average molecular weight is 461 g/mol. The van der Waals surface area contributed by atoms with Crippen LogP contribution in [0.25, 0.3) is 22.6 Å². The first-order valence-corrected chi connectivity index (χ1v) is 11.0. The zero-order valence-corrected chi connectivity index (χ0v) is 19.0. The smallest absolute Gasteiger partial charge is 0.280 e. The standard InChI is InChI=1S/C25H23N3O6/c1-4-30-20-9-7-15(11-21(20)31-5-2)18-12-22(33-27-18)26-25(29)23-17-13-32-19-8-6-14(3)10-16(19)24(17)34-28-23/h6-12H,4-5,13H2,1-3H3,(H,26,29). The SMILES string of the molecule is CCOc1ccc(-c2cc(NC(=O)c3noc4c3COc3ccc(C)cc3-4)on2)cc1OCC. The third-order valence-electron chi connectivity index (χ3n) is 5.34. The second-order valence-electron chi connectivity index (χ2n) is 7.69. The van der Waals surface area contributed by atoms with Crippen LogP contribution >= 0.6 is 0 Å². The minimum absolute atomic E-state index is 0.139. The lowest BCUT2D eigenvalue weighted by molar-refractivity contribution is 0.101. The Kier molecular flexibility index (Phi) is 5.67. The van der Waals surface area contributed by atoms with E-state index in [4.69, 9.17) is 23.3 Å². The van der Waals surface area contributed by atoms with E-state index >= 15 is 0 Å². The number of ether oxygens (including phenoxy) is 3. The number of anilines is 1. The van der Waals surface area contributed by atoms with Crippen LogP contribution in [-0.2, 0) is 6.61 Å². The van der Waals surface area contributed by atoms with Crippen LogP contribution in [0.5, 0.6) is 17.2 Å². The van der Waals surface area contributed by atoms with Crippen molar-refractivity contribution in [2.75, 3.05) is 18.5 Å². The molecule has 9 heteroatoms. The molecule has 0 aliphatic carbocycles. The van der Waals surface area contributed by atoms with Crippen LogP contribution < -0.4 is 19.5 Å². The van der Waals surface area contributed by atoms with E-state index < -0.39 is 5.91 Å². The fraction of sp³-hybridized carbons (Fsp3) is 0.240. The maximum atomic E-state index is 12.9. The van der Waals surface area contributed by atoms with Crippen LogP contribution in [0.4, 0.5) is 5.88 Å². The summed E-state index contributed by atoms with van der Waals surface area (Å²) in [5.74, 6) is 2.19. The first-order valence-electron chi connectivity index (χ1n) is 11.0. The first-order chi connectivity index (χ1) is 16.6. The van der Waals surface area contributed by atoms with Gasteiger partial charge < -0.3 is 23.3 Å². The van der Waals surface area contributed by atoms with Crippen LogP contribution in [0.15, 0.2) is 51.5 Å². The van der Waals surface area contributed by atoms with Crippen molar-refractivity contribution in [3.05, 3.63) is 59.3 Å². The molecule has 2 aromatic heterocycles. The number of fused-ring (bicyclic) bond motifs is 3. The molecule has 0 unspecified atom stereocenters. The maximum absolute atomic E-state index is 12.9. The molecular formula is C25H23N3O6. The monoisotopic (exact) mass is 461 g/mol. The number of carbonyl (C=O) groups excluding carboxylic acids is 1. The summed E-state index contributed by atoms with van der Waals surface area (Å²) in [6.07, 6.45) is 0. The summed E-state index contributed by atoms with van der Waals surface area (Å²) in [4.78, 5) is 12.9. The summed E-state index contributed by atoms with van der Waals surface area (Å²) in [5.41, 5.74) is 3.84. The Morgan fingerprint density at radius 2 is 1.82 bits per heavy atom. The van der Waals surface area contributed by atoms with Gasteiger partial charge in [-0.05, 0) is 51.1 Å². The Labute approximate surface area is 195 Å². The van der Waals surface area contributed by atoms with E-state index in [2.05, 4.69) is 15.6 Å². The molecule has 0 radical (unpaired) electrons. The molecule has 2 aromatic carbocycles. The van der Waals surface area contributed by atoms with Crippen LogP contribution in [0.1, 0.15) is 35.5 Å². The van der Waals surface area contributed by atoms with E-state index in [0.29, 0.717) is 47.5 Å². The van der Waals surface area contributed by atoms with Crippen LogP contribution in [-0.4, -0.2) is 29.4 Å². The first kappa shape index (κ1) is 21.6. The van der Waals surface area contributed by atoms with Crippen molar-refractivity contribution in [2.24, 2.45) is 0 Å². The summed E-state index contributed by atoms with van der Waals surface area (Å²) in [5, 5.41) is 10.7. The molecule has 1 amide bonds. The van der Waals surface area contributed by atoms with Gasteiger partial charge in [0.1, 0.15) is 18.1 Å². The van der Waals surface area contributed by atoms with Crippen LogP contribution in [0.3, 0.4) is 0 Å². The number of carbonyl (C=O) groups is 1. The number of hydrogen-bond acceptors (Lipinski definition) is 8. The lowest BCUT2D eigenvalue weighted by atomic mass is 10.0. The number of hydrogen-bond donors (Lipinski definition) is 1. The molecule has 0 saturated heterocycles. The largest absolute Gasteiger partial charge is 0.490 e. The average Bonchev–Trinajstić information content (AvgIpc) is 3.48. The van der Waals surface area contributed by atoms with Crippen molar-refractivity contribution in [3.8, 4) is 39.8 Å². The van der Waals surface area contributed by atoms with Gasteiger partial charge in [-0.15, -0.1) is 0 Å². The Balaban J connectivity index is 1.36. The van der Waals surface area contributed by atoms with Crippen molar-refractivity contribution in [2.45, 2.75) is 27.4 Å². The van der Waals surface area contributed by atoms with E-state index in [9.17, 15) is 4.79 Å². The topological polar surface area (TPSA) is 109 Å². The lowest BCUT2D eigenvalue weighted by Crippen LogP contribution is -2.16. The van der Waals surface area contributed by atoms with Crippen LogP contribution in [0, 0.1) is 6.92 Å². The molecule has 0 atom stereocenters. The summed E-state index contributed by atoms with van der Waals surface area (Å²) < 4.78 is 27.9. The summed E-state index contributed by atoms with van der Waals surface area (Å²) in [7, 11) is 0. The van der Waals surface area contributed by atoms with Crippen molar-refractivity contribution in [1.29, 1.82) is 0 Å². The lowest BCUT2D eigenvalue weighted by Gasteiger charge is -2.16. The molecule has 3 heterocycles. The summed E-state index contributed by atoms with van der Waals surface area (Å²) >= 11 is 0. The molecule has 5 rings (SSSR count). The zero-order chi connectivity index (χ0) is 23.7. The minimum atomic E-state index is -0.478. The molecule has 0 saturated carbocycles. The van der Waals surface area contributed by atoms with Gasteiger partial charge in [0.25, 0.3) is 5.91 Å². The number of aromatic nitrogens is 2. The van der Waals surface area contributed by atoms with E-state index in [1.807, 2.05) is 57.2 Å². The molecule has 0 bridgehead atoms. The second kappa shape index (κ2) is 8.93. The van der Waals surface area contributed by atoms with E-state index in [1.54, 1.807) is 6.07 Å². The van der Waals surface area contributed by atoms with Crippen molar-refractivity contribution in [1.82, 2.24) is 10.3 Å². The molecule has 1 aliphatic heterocycles. The highest BCUT2D eigenvalue weighted by Crippen LogP contribution is 2.39. The van der Waals surface area contributed by atoms with Gasteiger partial charge in [0.2, 0.25) is 5.88 Å². The Morgan fingerprint density at radius 1 is 1.00 bits per heavy atom. The third-order valence-corrected chi connectivity index (χ3v) is 5.34. The molecule has 174 valence electrons. The Hall–Kier alpha value is -4.27. The fourth-order valence-electron chi connectivity index (χ4n) is 3.78. The van der Waals surface area contributed by atoms with Gasteiger partial charge in [0.05, 0.1) is 24.3 Å². The van der Waals surface area contributed by atoms with Gasteiger partial charge in [-0.1, -0.05) is 21.9 Å². The van der Waals surface area contributed by atoms with Gasteiger partial charge in [-0.2, -0.15) is 0 Å². The van der Waals surface area contributed by atoms with Crippen LogP contribution in [0.2, 0.25) is 0 Å². The highest BCUT2D eigenvalue weighted by atomic mass is 16.5. The summed E-state index contributed by atoms with van der Waals surface area (Å²) in [6.45, 7) is 7.00. The quantitative estimate of drug-likeness (QED) is 0.398. The number of aryl methyl sites for hydroxylation is 1. The number of nitrogens with zero attached hydrogens (tertiary/aromatic N) is 2. The fourth-order valence-corrected chi connectivity index (χ4v) is 3.78. The van der Waals surface area contributed by atoms with Gasteiger partial charge in [-0.3, -0.25) is 10.1 Å². The second-order valence-corrected chi connectivity index (χ2v) is 7.69. The molecule has 1 aliphatic rings. The van der Waals surface area contributed by atoms with E-state index in [0.717, 1.165) is 16.7 Å². The van der Waals surface area contributed by atoms with Gasteiger partial charge >= 0.3 is 0 Å². The molecule has 4 aromatic rings. The van der Waals surface area contributed by atoms with Gasteiger partial charge in [0.15, 0.2) is 23.0 Å².